The van der Waals surface area contributed by atoms with E-state index in [1.54, 1.807) is 0 Å². The summed E-state index contributed by atoms with van der Waals surface area (Å²) >= 11 is 5.54. The molecule has 0 aliphatic carbocycles. The predicted molar refractivity (Wildman–Crippen MR) is 56.0 cm³/mol. The summed E-state index contributed by atoms with van der Waals surface area (Å²) in [6.45, 7) is -0.0942. The third kappa shape index (κ3) is 3.77. The van der Waals surface area contributed by atoms with E-state index in [0.29, 0.717) is 5.56 Å². The maximum Gasteiger partial charge on any atom is 0.452 e. The van der Waals surface area contributed by atoms with Gasteiger partial charge in [0.1, 0.15) is 5.15 Å². The molecule has 0 unspecified atom stereocenters. The van der Waals surface area contributed by atoms with Crippen molar-refractivity contribution >= 4 is 17.4 Å². The third-order valence-corrected chi connectivity index (χ3v) is 2.14. The molecule has 0 fully saturated rings. The van der Waals surface area contributed by atoms with Crippen molar-refractivity contribution in [3.63, 3.8) is 0 Å². The van der Waals surface area contributed by atoms with Gasteiger partial charge in [0, 0.05) is 19.8 Å². The van der Waals surface area contributed by atoms with Crippen LogP contribution in [0, 0.1) is 0 Å². The molecule has 0 spiro atoms. The minimum absolute atomic E-state index is 0.0942. The lowest BCUT2D eigenvalue weighted by Gasteiger charge is -2.21. The SMILES string of the molecule is CN(Cc1ccc(Cl)nc1)C(=NO)C(F)(F)F. The van der Waals surface area contributed by atoms with Crippen LogP contribution in [0.2, 0.25) is 5.15 Å². The van der Waals surface area contributed by atoms with E-state index in [1.807, 2.05) is 0 Å². The summed E-state index contributed by atoms with van der Waals surface area (Å²) in [6.07, 6.45) is -3.35. The van der Waals surface area contributed by atoms with Crippen LogP contribution in [0.3, 0.4) is 0 Å². The summed E-state index contributed by atoms with van der Waals surface area (Å²) in [6, 6.07) is 3.01. The number of rotatable bonds is 2. The van der Waals surface area contributed by atoms with Gasteiger partial charge in [0.05, 0.1) is 0 Å². The Morgan fingerprint density at radius 3 is 2.59 bits per heavy atom. The van der Waals surface area contributed by atoms with Gasteiger partial charge in [0.15, 0.2) is 0 Å². The molecule has 0 amide bonds. The van der Waals surface area contributed by atoms with Crippen LogP contribution < -0.4 is 0 Å². The van der Waals surface area contributed by atoms with Gasteiger partial charge in [0.25, 0.3) is 0 Å². The van der Waals surface area contributed by atoms with Crippen LogP contribution in [0.5, 0.6) is 0 Å². The van der Waals surface area contributed by atoms with E-state index in [4.69, 9.17) is 16.8 Å². The Kier molecular flexibility index (Phi) is 4.17. The van der Waals surface area contributed by atoms with Gasteiger partial charge in [-0.1, -0.05) is 22.8 Å². The molecule has 0 saturated carbocycles. The lowest BCUT2D eigenvalue weighted by Crippen LogP contribution is -2.38. The number of amidine groups is 1. The van der Waals surface area contributed by atoms with E-state index in [1.165, 1.54) is 18.3 Å². The predicted octanol–water partition coefficient (Wildman–Crippen LogP) is 2.52. The van der Waals surface area contributed by atoms with E-state index in [9.17, 15) is 13.2 Å². The zero-order chi connectivity index (χ0) is 13.1. The summed E-state index contributed by atoms with van der Waals surface area (Å²) in [5.74, 6) is -1.37. The number of nitrogens with zero attached hydrogens (tertiary/aromatic N) is 3. The van der Waals surface area contributed by atoms with Gasteiger partial charge in [-0.25, -0.2) is 4.98 Å². The smallest absolute Gasteiger partial charge is 0.409 e. The zero-order valence-electron chi connectivity index (χ0n) is 8.74. The Morgan fingerprint density at radius 1 is 1.53 bits per heavy atom. The summed E-state index contributed by atoms with van der Waals surface area (Å²) < 4.78 is 37.1. The Morgan fingerprint density at radius 2 is 2.18 bits per heavy atom. The van der Waals surface area contributed by atoms with Crippen molar-refractivity contribution < 1.29 is 18.4 Å². The fourth-order valence-corrected chi connectivity index (χ4v) is 1.31. The standard InChI is InChI=1S/C9H9ClF3N3O/c1-16(8(15-17)9(11,12)13)5-6-2-3-7(10)14-4-6/h2-4,17H,5H2,1H3. The van der Waals surface area contributed by atoms with Crippen molar-refractivity contribution in [2.45, 2.75) is 12.7 Å². The molecule has 1 aromatic rings. The number of halogens is 4. The minimum Gasteiger partial charge on any atom is -0.409 e. The van der Waals surface area contributed by atoms with Gasteiger partial charge >= 0.3 is 6.18 Å². The fourth-order valence-electron chi connectivity index (χ4n) is 1.20. The topological polar surface area (TPSA) is 48.7 Å². The summed E-state index contributed by atoms with van der Waals surface area (Å²) in [5, 5.41) is 10.8. The van der Waals surface area contributed by atoms with Crippen LogP contribution in [-0.4, -0.2) is 34.2 Å². The average Bonchev–Trinajstić information content (AvgIpc) is 2.20. The maximum absolute atomic E-state index is 12.4. The van der Waals surface area contributed by atoms with Crippen LogP contribution in [-0.2, 0) is 6.54 Å². The molecule has 8 heteroatoms. The summed E-state index contributed by atoms with van der Waals surface area (Å²) in [7, 11) is 1.16. The van der Waals surface area contributed by atoms with E-state index < -0.39 is 12.0 Å². The number of pyridine rings is 1. The highest BCUT2D eigenvalue weighted by molar-refractivity contribution is 6.29. The first-order chi connectivity index (χ1) is 7.84. The van der Waals surface area contributed by atoms with Gasteiger partial charge in [-0.05, 0) is 11.6 Å². The lowest BCUT2D eigenvalue weighted by atomic mass is 10.2. The van der Waals surface area contributed by atoms with E-state index in [-0.39, 0.29) is 11.7 Å². The highest BCUT2D eigenvalue weighted by atomic mass is 35.5. The van der Waals surface area contributed by atoms with Crippen molar-refractivity contribution in [3.8, 4) is 0 Å². The molecular weight excluding hydrogens is 259 g/mol. The molecule has 0 radical (unpaired) electrons. The molecule has 0 atom stereocenters. The molecule has 0 saturated heterocycles. The van der Waals surface area contributed by atoms with Crippen LogP contribution >= 0.6 is 11.6 Å². The fraction of sp³-hybridized carbons (Fsp3) is 0.333. The quantitative estimate of drug-likeness (QED) is 0.294. The Bertz CT molecular complexity index is 405. The highest BCUT2D eigenvalue weighted by Crippen LogP contribution is 2.20. The highest BCUT2D eigenvalue weighted by Gasteiger charge is 2.39. The molecule has 4 nitrogen and oxygen atoms in total. The van der Waals surface area contributed by atoms with E-state index >= 15 is 0 Å². The number of hydrogen-bond acceptors (Lipinski definition) is 3. The summed E-state index contributed by atoms with van der Waals surface area (Å²) in [5.41, 5.74) is 0.516. The molecule has 94 valence electrons. The molecule has 0 aliphatic heterocycles. The zero-order valence-corrected chi connectivity index (χ0v) is 9.50. The molecule has 0 aliphatic rings. The molecule has 1 rings (SSSR count). The maximum atomic E-state index is 12.4. The van der Waals surface area contributed by atoms with Crippen molar-refractivity contribution in [1.29, 1.82) is 0 Å². The van der Waals surface area contributed by atoms with Gasteiger partial charge in [-0.3, -0.25) is 0 Å². The van der Waals surface area contributed by atoms with Gasteiger partial charge in [-0.2, -0.15) is 13.2 Å². The second kappa shape index (κ2) is 5.22. The lowest BCUT2D eigenvalue weighted by molar-refractivity contribution is -0.0707. The summed E-state index contributed by atoms with van der Waals surface area (Å²) in [4.78, 5) is 4.50. The molecule has 0 aromatic carbocycles. The average molecular weight is 268 g/mol. The van der Waals surface area contributed by atoms with Gasteiger partial charge < -0.3 is 10.1 Å². The molecule has 1 N–H and O–H groups in total. The first kappa shape index (κ1) is 13.6. The number of aromatic nitrogens is 1. The third-order valence-electron chi connectivity index (χ3n) is 1.92. The largest absolute Gasteiger partial charge is 0.452 e. The Hall–Kier alpha value is -1.50. The Balaban J connectivity index is 2.78. The van der Waals surface area contributed by atoms with Crippen molar-refractivity contribution in [1.82, 2.24) is 9.88 Å². The van der Waals surface area contributed by atoms with Crippen LogP contribution in [0.1, 0.15) is 5.56 Å². The van der Waals surface area contributed by atoms with E-state index in [2.05, 4.69) is 10.1 Å². The van der Waals surface area contributed by atoms with Gasteiger partial charge in [-0.15, -0.1) is 0 Å². The molecule has 1 heterocycles. The van der Waals surface area contributed by atoms with Crippen LogP contribution in [0.15, 0.2) is 23.5 Å². The minimum atomic E-state index is -4.71. The van der Waals surface area contributed by atoms with E-state index in [0.717, 1.165) is 11.9 Å². The first-order valence-corrected chi connectivity index (χ1v) is 4.83. The second-order valence-corrected chi connectivity index (χ2v) is 3.65. The number of alkyl halides is 3. The molecule has 1 aromatic heterocycles. The van der Waals surface area contributed by atoms with Crippen molar-refractivity contribution in [2.24, 2.45) is 5.16 Å². The molecule has 0 bridgehead atoms. The van der Waals surface area contributed by atoms with Crippen LogP contribution in [0.25, 0.3) is 0 Å². The first-order valence-electron chi connectivity index (χ1n) is 4.45. The number of oxime groups is 1. The second-order valence-electron chi connectivity index (χ2n) is 3.27. The Labute approximate surface area is 100 Å². The molecule has 17 heavy (non-hydrogen) atoms. The van der Waals surface area contributed by atoms with Crippen molar-refractivity contribution in [3.05, 3.63) is 29.0 Å². The number of hydrogen-bond donors (Lipinski definition) is 1. The van der Waals surface area contributed by atoms with Crippen LogP contribution in [0.4, 0.5) is 13.2 Å². The molecular formula is C9H9ClF3N3O. The monoisotopic (exact) mass is 267 g/mol. The van der Waals surface area contributed by atoms with Crippen molar-refractivity contribution in [2.75, 3.05) is 7.05 Å². The normalized spacial score (nSPS) is 12.6. The van der Waals surface area contributed by atoms with Gasteiger partial charge in [0.2, 0.25) is 5.84 Å².